The molecule has 0 amide bonds. The number of H-pyrrole nitrogens is 1. The van der Waals surface area contributed by atoms with Crippen molar-refractivity contribution in [2.45, 2.75) is 38.0 Å². The summed E-state index contributed by atoms with van der Waals surface area (Å²) in [5.41, 5.74) is 4.57. The highest BCUT2D eigenvalue weighted by atomic mass is 16.4. The Morgan fingerprint density at radius 1 is 1.04 bits per heavy atom. The minimum absolute atomic E-state index is 0.0448. The first-order chi connectivity index (χ1) is 13.5. The predicted octanol–water partition coefficient (Wildman–Crippen LogP) is -0.513. The third-order valence-electron chi connectivity index (χ3n) is 4.68. The highest BCUT2D eigenvalue weighted by Crippen LogP contribution is 2.25. The summed E-state index contributed by atoms with van der Waals surface area (Å²) in [5.74, 6) is 0. The Morgan fingerprint density at radius 3 is 2.46 bits per heavy atom. The predicted molar refractivity (Wildman–Crippen MR) is 101 cm³/mol. The number of nitrogens with zero attached hydrogens (tertiary/aromatic N) is 2. The number of benzene rings is 1. The summed E-state index contributed by atoms with van der Waals surface area (Å²) in [6.07, 6.45) is 1.57. The molecule has 1 aromatic carbocycles. The molecule has 150 valence electrons. The van der Waals surface area contributed by atoms with Crippen molar-refractivity contribution in [1.82, 2.24) is 20.3 Å². The summed E-state index contributed by atoms with van der Waals surface area (Å²) in [6.45, 7) is -0.609. The Labute approximate surface area is 161 Å². The molecule has 0 radical (unpaired) electrons. The van der Waals surface area contributed by atoms with E-state index >= 15 is 0 Å². The lowest BCUT2D eigenvalue weighted by molar-refractivity contribution is -0.0586. The molecule has 0 saturated heterocycles. The zero-order chi connectivity index (χ0) is 20.1. The molecule has 1 aliphatic carbocycles. The van der Waals surface area contributed by atoms with Gasteiger partial charge in [0.25, 0.3) is 0 Å². The van der Waals surface area contributed by atoms with Crippen LogP contribution in [-0.2, 0) is 19.4 Å². The molecule has 0 fully saturated rings. The number of hydrogen-bond donors (Lipinski definition) is 7. The van der Waals surface area contributed by atoms with Crippen molar-refractivity contribution >= 4 is 11.0 Å². The van der Waals surface area contributed by atoms with Crippen molar-refractivity contribution in [3.05, 3.63) is 59.2 Å². The van der Waals surface area contributed by atoms with E-state index in [2.05, 4.69) is 20.3 Å². The van der Waals surface area contributed by atoms with Gasteiger partial charge in [0.05, 0.1) is 18.9 Å². The monoisotopic (exact) mass is 388 g/mol. The number of hydrogen-bond acceptors (Lipinski definition) is 8. The van der Waals surface area contributed by atoms with Crippen molar-refractivity contribution in [3.63, 3.8) is 0 Å². The van der Waals surface area contributed by atoms with Gasteiger partial charge in [0.2, 0.25) is 0 Å². The smallest absolute Gasteiger partial charge is 0.141 e. The van der Waals surface area contributed by atoms with E-state index in [1.807, 2.05) is 18.2 Å². The van der Waals surface area contributed by atoms with Crippen molar-refractivity contribution in [1.29, 1.82) is 0 Å². The minimum atomic E-state index is -1.36. The van der Waals surface area contributed by atoms with Crippen LogP contribution < -0.4 is 5.32 Å². The molecule has 0 spiro atoms. The van der Waals surface area contributed by atoms with Gasteiger partial charge in [-0.1, -0.05) is 18.2 Å². The van der Waals surface area contributed by atoms with E-state index in [1.165, 1.54) is 17.5 Å². The van der Waals surface area contributed by atoms with Crippen LogP contribution in [-0.4, -0.2) is 59.4 Å². The van der Waals surface area contributed by atoms with E-state index in [0.717, 1.165) is 23.9 Å². The molecule has 4 rings (SSSR count). The molecule has 9 nitrogen and oxygen atoms in total. The molecular formula is C19H24N4O5. The second-order valence-electron chi connectivity index (χ2n) is 6.51. The first kappa shape index (κ1) is 20.3. The van der Waals surface area contributed by atoms with Gasteiger partial charge in [-0.15, -0.1) is 0 Å². The molecule has 0 bridgehead atoms. The van der Waals surface area contributed by atoms with Crippen LogP contribution in [0.25, 0.3) is 11.0 Å². The fraction of sp³-hybridized carbons (Fsp3) is 0.368. The lowest BCUT2D eigenvalue weighted by Gasteiger charge is -2.24. The Bertz CT molecular complexity index is 916. The number of rotatable bonds is 6. The number of aliphatic hydroxyl groups excluding tert-OH is 5. The van der Waals surface area contributed by atoms with Gasteiger partial charge in [0.1, 0.15) is 30.5 Å². The van der Waals surface area contributed by atoms with Gasteiger partial charge in [0, 0.05) is 11.6 Å². The van der Waals surface area contributed by atoms with E-state index in [1.54, 1.807) is 12.3 Å². The largest absolute Gasteiger partial charge is 0.394 e. The topological polar surface area (TPSA) is 155 Å². The summed E-state index contributed by atoms with van der Waals surface area (Å²) in [5, 5.41) is 49.2. The summed E-state index contributed by atoms with van der Waals surface area (Å²) < 4.78 is 0. The molecule has 28 heavy (non-hydrogen) atoms. The number of aromatic nitrogens is 3. The van der Waals surface area contributed by atoms with Crippen LogP contribution in [0.2, 0.25) is 0 Å². The number of aryl methyl sites for hydroxylation is 2. The molecule has 9 heteroatoms. The van der Waals surface area contributed by atoms with Gasteiger partial charge in [-0.3, -0.25) is 5.32 Å². The quantitative estimate of drug-likeness (QED) is 0.279. The molecular weight excluding hydrogens is 364 g/mol. The second kappa shape index (κ2) is 9.20. The Hall–Kier alpha value is -2.40. The highest BCUT2D eigenvalue weighted by molar-refractivity contribution is 5.77. The van der Waals surface area contributed by atoms with Gasteiger partial charge < -0.3 is 30.5 Å². The molecule has 2 heterocycles. The van der Waals surface area contributed by atoms with E-state index in [0.29, 0.717) is 11.3 Å². The highest BCUT2D eigenvalue weighted by Gasteiger charge is 2.21. The van der Waals surface area contributed by atoms with E-state index < -0.39 is 25.2 Å². The van der Waals surface area contributed by atoms with Crippen LogP contribution in [0.5, 0.6) is 0 Å². The van der Waals surface area contributed by atoms with Crippen molar-refractivity contribution in [2.24, 2.45) is 0 Å². The van der Waals surface area contributed by atoms with Crippen molar-refractivity contribution in [2.75, 3.05) is 6.61 Å². The Balaban J connectivity index is 0.000000176. The molecule has 1 aliphatic rings. The van der Waals surface area contributed by atoms with Crippen molar-refractivity contribution < 1.29 is 25.5 Å². The lowest BCUT2D eigenvalue weighted by atomic mass is 9.87. The third-order valence-corrected chi connectivity index (χ3v) is 4.68. The van der Waals surface area contributed by atoms with Gasteiger partial charge in [-0.25, -0.2) is 9.97 Å². The molecule has 0 saturated carbocycles. The van der Waals surface area contributed by atoms with Crippen LogP contribution in [0.4, 0.5) is 0 Å². The molecule has 0 aliphatic heterocycles. The summed E-state index contributed by atoms with van der Waals surface area (Å²) in [4.78, 5) is 10.8. The molecule has 3 unspecified atom stereocenters. The van der Waals surface area contributed by atoms with E-state index in [9.17, 15) is 10.2 Å². The average molecular weight is 388 g/mol. The average Bonchev–Trinajstić information content (AvgIpc) is 3.17. The van der Waals surface area contributed by atoms with Gasteiger partial charge in [0.15, 0.2) is 0 Å². The fourth-order valence-corrected chi connectivity index (χ4v) is 2.91. The van der Waals surface area contributed by atoms with Gasteiger partial charge in [-0.05, 0) is 35.6 Å². The van der Waals surface area contributed by atoms with Crippen LogP contribution in [0.1, 0.15) is 28.6 Å². The number of nitrogens with one attached hydrogen (secondary N) is 2. The van der Waals surface area contributed by atoms with Crippen molar-refractivity contribution in [3.8, 4) is 0 Å². The maximum Gasteiger partial charge on any atom is 0.141 e. The first-order valence-corrected chi connectivity index (χ1v) is 8.94. The van der Waals surface area contributed by atoms with Gasteiger partial charge >= 0.3 is 0 Å². The second-order valence-corrected chi connectivity index (χ2v) is 6.51. The zero-order valence-corrected chi connectivity index (χ0v) is 15.2. The van der Waals surface area contributed by atoms with Crippen LogP contribution >= 0.6 is 0 Å². The molecule has 3 aromatic rings. The third kappa shape index (κ3) is 4.53. The van der Waals surface area contributed by atoms with E-state index in [-0.39, 0.29) is 6.61 Å². The Morgan fingerprint density at radius 2 is 1.82 bits per heavy atom. The molecule has 2 aromatic heterocycles. The number of fused-ring (bicyclic) bond motifs is 2. The number of aromatic amines is 1. The van der Waals surface area contributed by atoms with Crippen LogP contribution in [0, 0.1) is 0 Å². The molecule has 3 atom stereocenters. The number of aliphatic hydroxyl groups is 5. The zero-order valence-electron chi connectivity index (χ0n) is 15.2. The Kier molecular flexibility index (Phi) is 6.68. The molecule has 7 N–H and O–H groups in total. The normalized spacial score (nSPS) is 15.8. The standard InChI is InChI=1S/C12H17NO4.C7H7N3O/c14-6-10(15)12(17)13-11(16)9-4-2-7-1-3-8(7)5-9;11-3-6-5-1-2-8-7(5)10-4-9-6/h2,4-5,10-17H,1,3,6H2;1-2,4,11H,3H2,(H,8,9,10). The summed E-state index contributed by atoms with van der Waals surface area (Å²) in [7, 11) is 0. The summed E-state index contributed by atoms with van der Waals surface area (Å²) >= 11 is 0. The maximum absolute atomic E-state index is 9.81. The van der Waals surface area contributed by atoms with Gasteiger partial charge in [-0.2, -0.15) is 0 Å². The van der Waals surface area contributed by atoms with E-state index in [4.69, 9.17) is 15.3 Å². The fourth-order valence-electron chi connectivity index (χ4n) is 2.91. The SMILES string of the molecule is OCC(O)C(O)NC(O)c1ccc2c(c1)CC2.OCc1ncnc2[nH]ccc12. The van der Waals surface area contributed by atoms with Crippen LogP contribution in [0.15, 0.2) is 36.8 Å². The minimum Gasteiger partial charge on any atom is -0.394 e. The first-order valence-electron chi connectivity index (χ1n) is 8.94. The lowest BCUT2D eigenvalue weighted by Crippen LogP contribution is -2.43. The maximum atomic E-state index is 9.81. The van der Waals surface area contributed by atoms with Crippen LogP contribution in [0.3, 0.4) is 0 Å². The summed E-state index contributed by atoms with van der Waals surface area (Å²) in [6, 6.07) is 7.47.